The Balaban J connectivity index is 1.76. The normalized spacial score (nSPS) is 11.7. The minimum absolute atomic E-state index is 0.0431. The summed E-state index contributed by atoms with van der Waals surface area (Å²) in [4.78, 5) is 37.3. The van der Waals surface area contributed by atoms with Gasteiger partial charge in [-0.3, -0.25) is 19.1 Å². The Morgan fingerprint density at radius 3 is 2.30 bits per heavy atom. The van der Waals surface area contributed by atoms with E-state index in [9.17, 15) is 14.4 Å². The molecular formula is C23H25N3O4. The third-order valence-electron chi connectivity index (χ3n) is 4.98. The molecule has 156 valence electrons. The van der Waals surface area contributed by atoms with Crippen molar-refractivity contribution in [2.75, 3.05) is 5.32 Å². The molecule has 3 rings (SSSR count). The summed E-state index contributed by atoms with van der Waals surface area (Å²) in [6.45, 7) is 5.18. The van der Waals surface area contributed by atoms with Gasteiger partial charge in [-0.25, -0.2) is 4.68 Å². The van der Waals surface area contributed by atoms with Gasteiger partial charge < -0.3 is 10.1 Å². The molecule has 0 saturated carbocycles. The standard InChI is InChI=1S/C23H25N3O4/c1-5-20(27)17-11-13-19(14-12-17)30-16(3)22(28)24-21-15(2)25(4)26(23(21)29)18-9-7-6-8-10-18/h6-14,16H,5H2,1-4H3,(H,24,28)/t16-/m0/s1. The van der Waals surface area contributed by atoms with Crippen molar-refractivity contribution >= 4 is 17.4 Å². The summed E-state index contributed by atoms with van der Waals surface area (Å²) < 4.78 is 8.88. The largest absolute Gasteiger partial charge is 0.481 e. The van der Waals surface area contributed by atoms with Crippen LogP contribution >= 0.6 is 0 Å². The second-order valence-corrected chi connectivity index (χ2v) is 6.99. The predicted molar refractivity (Wildman–Crippen MR) is 116 cm³/mol. The maximum atomic E-state index is 12.9. The lowest BCUT2D eigenvalue weighted by atomic mass is 10.1. The molecule has 0 aliphatic rings. The van der Waals surface area contributed by atoms with E-state index in [1.165, 1.54) is 4.68 Å². The molecule has 0 fully saturated rings. The molecule has 0 bridgehead atoms. The average Bonchev–Trinajstić information content (AvgIpc) is 2.97. The molecule has 0 spiro atoms. The van der Waals surface area contributed by atoms with Crippen molar-refractivity contribution in [1.82, 2.24) is 9.36 Å². The first-order valence-corrected chi connectivity index (χ1v) is 9.78. The van der Waals surface area contributed by atoms with Crippen LogP contribution in [0.1, 0.15) is 36.3 Å². The molecule has 7 nitrogen and oxygen atoms in total. The fourth-order valence-corrected chi connectivity index (χ4v) is 3.12. The summed E-state index contributed by atoms with van der Waals surface area (Å²) >= 11 is 0. The molecule has 3 aromatic rings. The summed E-state index contributed by atoms with van der Waals surface area (Å²) in [5.41, 5.74) is 1.84. The third-order valence-corrected chi connectivity index (χ3v) is 4.98. The molecule has 0 aliphatic carbocycles. The fraction of sp³-hybridized carbons (Fsp3) is 0.261. The van der Waals surface area contributed by atoms with E-state index in [0.717, 1.165) is 0 Å². The Kier molecular flexibility index (Phi) is 6.20. The van der Waals surface area contributed by atoms with Crippen LogP contribution in [0.3, 0.4) is 0 Å². The number of nitrogens with zero attached hydrogens (tertiary/aromatic N) is 2. The number of carbonyl (C=O) groups excluding carboxylic acids is 2. The predicted octanol–water partition coefficient (Wildman–Crippen LogP) is 3.48. The summed E-state index contributed by atoms with van der Waals surface area (Å²) in [7, 11) is 1.76. The van der Waals surface area contributed by atoms with Crippen LogP contribution in [0.25, 0.3) is 5.69 Å². The second kappa shape index (κ2) is 8.82. The molecule has 1 aromatic heterocycles. The molecule has 1 amide bonds. The van der Waals surface area contributed by atoms with Gasteiger partial charge in [-0.1, -0.05) is 25.1 Å². The summed E-state index contributed by atoms with van der Waals surface area (Å²) in [5, 5.41) is 2.70. The SMILES string of the molecule is CCC(=O)c1ccc(O[C@@H](C)C(=O)Nc2c(C)n(C)n(-c3ccccc3)c2=O)cc1. The summed E-state index contributed by atoms with van der Waals surface area (Å²) in [6.07, 6.45) is -0.405. The quantitative estimate of drug-likeness (QED) is 0.608. The Labute approximate surface area is 174 Å². The average molecular weight is 407 g/mol. The number of hydrogen-bond acceptors (Lipinski definition) is 4. The Morgan fingerprint density at radius 2 is 1.70 bits per heavy atom. The van der Waals surface area contributed by atoms with Crippen LogP contribution in [0, 0.1) is 6.92 Å². The molecular weight excluding hydrogens is 382 g/mol. The number of anilines is 1. The summed E-state index contributed by atoms with van der Waals surface area (Å²) in [5.74, 6) is 0.0769. The third kappa shape index (κ3) is 4.20. The number of rotatable bonds is 7. The zero-order valence-electron chi connectivity index (χ0n) is 17.5. The highest BCUT2D eigenvalue weighted by Crippen LogP contribution is 2.17. The molecule has 0 radical (unpaired) electrons. The van der Waals surface area contributed by atoms with E-state index >= 15 is 0 Å². The van der Waals surface area contributed by atoms with E-state index in [2.05, 4.69) is 5.32 Å². The molecule has 1 atom stereocenters. The van der Waals surface area contributed by atoms with Crippen molar-refractivity contribution in [3.63, 3.8) is 0 Å². The van der Waals surface area contributed by atoms with Crippen LogP contribution in [0.4, 0.5) is 5.69 Å². The number of benzene rings is 2. The fourth-order valence-electron chi connectivity index (χ4n) is 3.12. The number of nitrogens with one attached hydrogen (secondary N) is 1. The lowest BCUT2D eigenvalue weighted by Crippen LogP contribution is -2.32. The summed E-state index contributed by atoms with van der Waals surface area (Å²) in [6, 6.07) is 15.9. The number of aromatic nitrogens is 2. The molecule has 7 heteroatoms. The van der Waals surface area contributed by atoms with Crippen LogP contribution < -0.4 is 15.6 Å². The molecule has 0 aliphatic heterocycles. The van der Waals surface area contributed by atoms with E-state index in [1.54, 1.807) is 56.8 Å². The first kappa shape index (κ1) is 21.1. The highest BCUT2D eigenvalue weighted by Gasteiger charge is 2.22. The van der Waals surface area contributed by atoms with Crippen LogP contribution in [0.15, 0.2) is 59.4 Å². The van der Waals surface area contributed by atoms with Crippen molar-refractivity contribution in [1.29, 1.82) is 0 Å². The molecule has 0 saturated heterocycles. The topological polar surface area (TPSA) is 82.3 Å². The Hall–Kier alpha value is -3.61. The zero-order chi connectivity index (χ0) is 21.8. The molecule has 0 unspecified atom stereocenters. The second-order valence-electron chi connectivity index (χ2n) is 6.99. The first-order valence-electron chi connectivity index (χ1n) is 9.78. The van der Waals surface area contributed by atoms with Gasteiger partial charge in [-0.05, 0) is 50.2 Å². The van der Waals surface area contributed by atoms with E-state index in [1.807, 2.05) is 30.3 Å². The van der Waals surface area contributed by atoms with E-state index in [0.29, 0.717) is 29.1 Å². The minimum Gasteiger partial charge on any atom is -0.481 e. The Morgan fingerprint density at radius 1 is 1.07 bits per heavy atom. The number of Topliss-reactive ketones (excluding diaryl/α,β-unsaturated/α-hetero) is 1. The Bertz CT molecular complexity index is 1110. The number of amides is 1. The van der Waals surface area contributed by atoms with Gasteiger partial charge in [-0.15, -0.1) is 0 Å². The molecule has 2 aromatic carbocycles. The number of para-hydroxylation sites is 1. The van der Waals surface area contributed by atoms with Crippen LogP contribution in [-0.4, -0.2) is 27.2 Å². The van der Waals surface area contributed by atoms with Gasteiger partial charge in [0.25, 0.3) is 11.5 Å². The van der Waals surface area contributed by atoms with Crippen LogP contribution in [0.2, 0.25) is 0 Å². The van der Waals surface area contributed by atoms with Gasteiger partial charge in [0.1, 0.15) is 11.4 Å². The van der Waals surface area contributed by atoms with Crippen molar-refractivity contribution in [2.45, 2.75) is 33.3 Å². The van der Waals surface area contributed by atoms with Gasteiger partial charge in [0.15, 0.2) is 11.9 Å². The molecule has 30 heavy (non-hydrogen) atoms. The monoisotopic (exact) mass is 407 g/mol. The van der Waals surface area contributed by atoms with E-state index in [-0.39, 0.29) is 17.0 Å². The molecule has 1 heterocycles. The number of ether oxygens (including phenoxy) is 1. The molecule has 1 N–H and O–H groups in total. The van der Waals surface area contributed by atoms with Gasteiger partial charge in [0, 0.05) is 19.0 Å². The van der Waals surface area contributed by atoms with Crippen molar-refractivity contribution < 1.29 is 14.3 Å². The minimum atomic E-state index is -0.832. The van der Waals surface area contributed by atoms with Gasteiger partial charge in [0.2, 0.25) is 0 Å². The van der Waals surface area contributed by atoms with Gasteiger partial charge >= 0.3 is 0 Å². The van der Waals surface area contributed by atoms with Crippen molar-refractivity contribution in [3.05, 3.63) is 76.2 Å². The lowest BCUT2D eigenvalue weighted by molar-refractivity contribution is -0.122. The van der Waals surface area contributed by atoms with Gasteiger partial charge in [-0.2, -0.15) is 0 Å². The number of carbonyl (C=O) groups is 2. The highest BCUT2D eigenvalue weighted by molar-refractivity contribution is 5.96. The smallest absolute Gasteiger partial charge is 0.295 e. The highest BCUT2D eigenvalue weighted by atomic mass is 16.5. The number of ketones is 1. The van der Waals surface area contributed by atoms with E-state index < -0.39 is 12.0 Å². The zero-order valence-corrected chi connectivity index (χ0v) is 17.5. The van der Waals surface area contributed by atoms with E-state index in [4.69, 9.17) is 4.74 Å². The van der Waals surface area contributed by atoms with Crippen LogP contribution in [-0.2, 0) is 11.8 Å². The van der Waals surface area contributed by atoms with Gasteiger partial charge in [0.05, 0.1) is 11.4 Å². The first-order chi connectivity index (χ1) is 14.3. The maximum Gasteiger partial charge on any atom is 0.295 e. The van der Waals surface area contributed by atoms with Crippen LogP contribution in [0.5, 0.6) is 5.75 Å². The number of hydrogen-bond donors (Lipinski definition) is 1. The van der Waals surface area contributed by atoms with Crippen molar-refractivity contribution in [3.8, 4) is 11.4 Å². The van der Waals surface area contributed by atoms with Crippen molar-refractivity contribution in [2.24, 2.45) is 7.05 Å². The lowest BCUT2D eigenvalue weighted by Gasteiger charge is -2.14. The maximum absolute atomic E-state index is 12.9.